The quantitative estimate of drug-likeness (QED) is 0.759. The number of amides is 1. The van der Waals surface area contributed by atoms with E-state index in [9.17, 15) is 14.7 Å². The molecule has 0 unspecified atom stereocenters. The van der Waals surface area contributed by atoms with Crippen molar-refractivity contribution in [1.82, 2.24) is 4.90 Å². The van der Waals surface area contributed by atoms with Crippen LogP contribution in [0.2, 0.25) is 0 Å². The molecule has 1 N–H and O–H groups in total. The van der Waals surface area contributed by atoms with E-state index >= 15 is 0 Å². The van der Waals surface area contributed by atoms with Crippen LogP contribution in [0.3, 0.4) is 0 Å². The summed E-state index contributed by atoms with van der Waals surface area (Å²) in [6, 6.07) is 0.104. The normalized spacial score (nSPS) is 11.6. The molecule has 0 radical (unpaired) electrons. The number of hydrogen-bond acceptors (Lipinski definition) is 2. The molecule has 0 aromatic heterocycles. The molecule has 0 aromatic carbocycles. The van der Waals surface area contributed by atoms with Crippen LogP contribution in [-0.2, 0) is 9.59 Å². The third-order valence-corrected chi connectivity index (χ3v) is 3.46. The Bertz CT molecular complexity index is 257. The fraction of sp³-hybridized carbons (Fsp3) is 0.833. The molecule has 4 nitrogen and oxygen atoms in total. The monoisotopic (exact) mass is 229 g/mol. The Morgan fingerprint density at radius 1 is 1.25 bits per heavy atom. The largest absolute Gasteiger partial charge is 0.481 e. The molecule has 0 heterocycles. The Balaban J connectivity index is 4.77. The fourth-order valence-corrected chi connectivity index (χ4v) is 1.58. The number of aliphatic carboxylic acids is 1. The molecule has 0 fully saturated rings. The SMILES string of the molecule is CCC(CC)(CC(=O)N(C)C(C)C)C(=O)O. The molecular formula is C12H23NO3. The van der Waals surface area contributed by atoms with Gasteiger partial charge in [-0.1, -0.05) is 13.8 Å². The highest BCUT2D eigenvalue weighted by Crippen LogP contribution is 2.31. The van der Waals surface area contributed by atoms with Crippen molar-refractivity contribution in [2.45, 2.75) is 53.0 Å². The van der Waals surface area contributed by atoms with Crippen LogP contribution in [0, 0.1) is 5.41 Å². The van der Waals surface area contributed by atoms with Crippen LogP contribution in [0.15, 0.2) is 0 Å². The van der Waals surface area contributed by atoms with Gasteiger partial charge in [-0.3, -0.25) is 9.59 Å². The lowest BCUT2D eigenvalue weighted by atomic mass is 9.79. The summed E-state index contributed by atoms with van der Waals surface area (Å²) in [6.07, 6.45) is 1.05. The Morgan fingerprint density at radius 3 is 1.94 bits per heavy atom. The van der Waals surface area contributed by atoms with E-state index in [4.69, 9.17) is 0 Å². The molecule has 0 aromatic rings. The first kappa shape index (κ1) is 14.9. The molecule has 0 saturated carbocycles. The summed E-state index contributed by atoms with van der Waals surface area (Å²) in [5, 5.41) is 9.22. The summed E-state index contributed by atoms with van der Waals surface area (Å²) in [7, 11) is 1.71. The summed E-state index contributed by atoms with van der Waals surface area (Å²) >= 11 is 0. The summed E-state index contributed by atoms with van der Waals surface area (Å²) in [5.74, 6) is -0.968. The highest BCUT2D eigenvalue weighted by molar-refractivity contribution is 5.85. The first-order valence-corrected chi connectivity index (χ1v) is 5.79. The molecule has 0 aliphatic carbocycles. The van der Waals surface area contributed by atoms with Gasteiger partial charge in [-0.15, -0.1) is 0 Å². The van der Waals surface area contributed by atoms with Gasteiger partial charge in [0.2, 0.25) is 5.91 Å². The van der Waals surface area contributed by atoms with Crippen molar-refractivity contribution in [2.24, 2.45) is 5.41 Å². The molecule has 0 atom stereocenters. The third kappa shape index (κ3) is 3.22. The maximum Gasteiger partial charge on any atom is 0.310 e. The van der Waals surface area contributed by atoms with E-state index in [2.05, 4.69) is 0 Å². The Kier molecular flexibility index (Phi) is 5.48. The van der Waals surface area contributed by atoms with Crippen molar-refractivity contribution < 1.29 is 14.7 Å². The zero-order chi connectivity index (χ0) is 12.9. The summed E-state index contributed by atoms with van der Waals surface area (Å²) in [4.78, 5) is 24.7. The van der Waals surface area contributed by atoms with Crippen molar-refractivity contribution in [3.63, 3.8) is 0 Å². The number of carboxylic acids is 1. The molecule has 16 heavy (non-hydrogen) atoms. The number of carboxylic acid groups (broad SMARTS) is 1. The van der Waals surface area contributed by atoms with E-state index in [1.807, 2.05) is 27.7 Å². The molecule has 94 valence electrons. The molecule has 0 aliphatic heterocycles. The van der Waals surface area contributed by atoms with Crippen molar-refractivity contribution in [2.75, 3.05) is 7.05 Å². The highest BCUT2D eigenvalue weighted by atomic mass is 16.4. The second-order valence-electron chi connectivity index (χ2n) is 4.57. The summed E-state index contributed by atoms with van der Waals surface area (Å²) in [6.45, 7) is 7.47. The second-order valence-corrected chi connectivity index (χ2v) is 4.57. The van der Waals surface area contributed by atoms with Gasteiger partial charge >= 0.3 is 5.97 Å². The molecule has 0 spiro atoms. The molecule has 0 rings (SSSR count). The minimum atomic E-state index is -0.903. The van der Waals surface area contributed by atoms with Crippen LogP contribution in [0.4, 0.5) is 0 Å². The van der Waals surface area contributed by atoms with Gasteiger partial charge in [-0.25, -0.2) is 0 Å². The third-order valence-electron chi connectivity index (χ3n) is 3.46. The van der Waals surface area contributed by atoms with Gasteiger partial charge in [-0.2, -0.15) is 0 Å². The van der Waals surface area contributed by atoms with Gasteiger partial charge < -0.3 is 10.0 Å². The molecular weight excluding hydrogens is 206 g/mol. The number of carbonyl (C=O) groups is 2. The molecule has 1 amide bonds. The van der Waals surface area contributed by atoms with Crippen LogP contribution in [0.1, 0.15) is 47.0 Å². The van der Waals surface area contributed by atoms with Gasteiger partial charge in [0, 0.05) is 19.5 Å². The van der Waals surface area contributed by atoms with E-state index in [-0.39, 0.29) is 18.4 Å². The smallest absolute Gasteiger partial charge is 0.310 e. The predicted molar refractivity (Wildman–Crippen MR) is 63.2 cm³/mol. The number of rotatable bonds is 6. The van der Waals surface area contributed by atoms with E-state index in [0.29, 0.717) is 12.8 Å². The average Bonchev–Trinajstić information content (AvgIpc) is 2.23. The van der Waals surface area contributed by atoms with Crippen LogP contribution in [-0.4, -0.2) is 35.0 Å². The first-order valence-electron chi connectivity index (χ1n) is 5.79. The van der Waals surface area contributed by atoms with Crippen LogP contribution < -0.4 is 0 Å². The standard InChI is InChI=1S/C12H23NO3/c1-6-12(7-2,11(15)16)8-10(14)13(5)9(3)4/h9H,6-8H2,1-5H3,(H,15,16). The number of nitrogens with zero attached hydrogens (tertiary/aromatic N) is 1. The minimum absolute atomic E-state index is 0.0873. The van der Waals surface area contributed by atoms with Crippen molar-refractivity contribution >= 4 is 11.9 Å². The predicted octanol–water partition coefficient (Wildman–Crippen LogP) is 2.13. The van der Waals surface area contributed by atoms with Crippen LogP contribution in [0.5, 0.6) is 0 Å². The molecule has 0 saturated heterocycles. The van der Waals surface area contributed by atoms with Gasteiger partial charge in [-0.05, 0) is 26.7 Å². The molecule has 0 aliphatic rings. The van der Waals surface area contributed by atoms with Crippen molar-refractivity contribution in [3.05, 3.63) is 0 Å². The Hall–Kier alpha value is -1.06. The van der Waals surface area contributed by atoms with Gasteiger partial charge in [0.05, 0.1) is 5.41 Å². The molecule has 0 bridgehead atoms. The Morgan fingerprint density at radius 2 is 1.69 bits per heavy atom. The van der Waals surface area contributed by atoms with Crippen LogP contribution in [0.25, 0.3) is 0 Å². The topological polar surface area (TPSA) is 57.6 Å². The lowest BCUT2D eigenvalue weighted by Gasteiger charge is -2.30. The first-order chi connectivity index (χ1) is 7.30. The van der Waals surface area contributed by atoms with Gasteiger partial charge in [0.25, 0.3) is 0 Å². The van der Waals surface area contributed by atoms with E-state index in [0.717, 1.165) is 0 Å². The van der Waals surface area contributed by atoms with Crippen molar-refractivity contribution in [3.8, 4) is 0 Å². The lowest BCUT2D eigenvalue weighted by molar-refractivity contribution is -0.154. The number of hydrogen-bond donors (Lipinski definition) is 1. The van der Waals surface area contributed by atoms with Crippen LogP contribution >= 0.6 is 0 Å². The van der Waals surface area contributed by atoms with Gasteiger partial charge in [0.15, 0.2) is 0 Å². The maximum atomic E-state index is 11.9. The highest BCUT2D eigenvalue weighted by Gasteiger charge is 2.38. The number of carbonyl (C=O) groups excluding carboxylic acids is 1. The van der Waals surface area contributed by atoms with Crippen molar-refractivity contribution in [1.29, 1.82) is 0 Å². The minimum Gasteiger partial charge on any atom is -0.481 e. The summed E-state index contributed by atoms with van der Waals surface area (Å²) in [5.41, 5.74) is -0.903. The fourth-order valence-electron chi connectivity index (χ4n) is 1.58. The Labute approximate surface area is 97.6 Å². The maximum absolute atomic E-state index is 11.9. The second kappa shape index (κ2) is 5.87. The van der Waals surface area contributed by atoms with E-state index in [1.165, 1.54) is 0 Å². The lowest BCUT2D eigenvalue weighted by Crippen LogP contribution is -2.40. The molecule has 4 heteroatoms. The average molecular weight is 229 g/mol. The summed E-state index contributed by atoms with van der Waals surface area (Å²) < 4.78 is 0. The zero-order valence-electron chi connectivity index (χ0n) is 10.9. The van der Waals surface area contributed by atoms with E-state index in [1.54, 1.807) is 11.9 Å². The zero-order valence-corrected chi connectivity index (χ0v) is 10.9. The van der Waals surface area contributed by atoms with Gasteiger partial charge in [0.1, 0.15) is 0 Å². The van der Waals surface area contributed by atoms with E-state index < -0.39 is 11.4 Å².